The van der Waals surface area contributed by atoms with Crippen molar-refractivity contribution in [2.45, 2.75) is 26.5 Å². The molecule has 0 saturated carbocycles. The lowest BCUT2D eigenvalue weighted by molar-refractivity contribution is -0.117. The number of hydrogen-bond donors (Lipinski definition) is 3. The van der Waals surface area contributed by atoms with E-state index in [1.54, 1.807) is 18.2 Å². The van der Waals surface area contributed by atoms with E-state index in [-0.39, 0.29) is 18.0 Å². The molecule has 0 heterocycles. The molecule has 3 N–H and O–H groups in total. The highest BCUT2D eigenvalue weighted by Gasteiger charge is 2.17. The quantitative estimate of drug-likeness (QED) is 0.736. The third-order valence-electron chi connectivity index (χ3n) is 3.35. The van der Waals surface area contributed by atoms with Crippen molar-refractivity contribution in [1.82, 2.24) is 5.32 Å². The van der Waals surface area contributed by atoms with E-state index in [1.807, 2.05) is 37.3 Å². The summed E-state index contributed by atoms with van der Waals surface area (Å²) in [5, 5.41) is 14.8. The lowest BCUT2D eigenvalue weighted by atomic mass is 10.2. The molecule has 0 fully saturated rings. The van der Waals surface area contributed by atoms with Gasteiger partial charge >= 0.3 is 6.09 Å². The second-order valence-corrected chi connectivity index (χ2v) is 5.44. The molecular formula is C18H20N2O4. The van der Waals surface area contributed by atoms with Crippen molar-refractivity contribution in [3.05, 3.63) is 59.7 Å². The van der Waals surface area contributed by atoms with E-state index in [9.17, 15) is 14.7 Å². The molecule has 24 heavy (non-hydrogen) atoms. The van der Waals surface area contributed by atoms with E-state index in [0.29, 0.717) is 0 Å². The minimum atomic E-state index is -0.811. The molecule has 2 amide bonds. The van der Waals surface area contributed by atoms with Gasteiger partial charge in [0.05, 0.1) is 5.69 Å². The van der Waals surface area contributed by atoms with Crippen LogP contribution in [0.5, 0.6) is 5.75 Å². The molecule has 2 rings (SSSR count). The van der Waals surface area contributed by atoms with E-state index in [1.165, 1.54) is 6.92 Å². The molecule has 0 radical (unpaired) electrons. The molecule has 6 nitrogen and oxygen atoms in total. The van der Waals surface area contributed by atoms with E-state index >= 15 is 0 Å². The van der Waals surface area contributed by atoms with Crippen LogP contribution in [-0.4, -0.2) is 23.1 Å². The normalized spacial score (nSPS) is 11.4. The van der Waals surface area contributed by atoms with Gasteiger partial charge in [-0.1, -0.05) is 36.4 Å². The Kier molecular flexibility index (Phi) is 5.78. The minimum Gasteiger partial charge on any atom is -0.506 e. The number of rotatable bonds is 5. The third kappa shape index (κ3) is 5.01. The van der Waals surface area contributed by atoms with Gasteiger partial charge in [0.1, 0.15) is 18.4 Å². The smallest absolute Gasteiger partial charge is 0.408 e. The number of carbonyl (C=O) groups is 2. The lowest BCUT2D eigenvalue weighted by Crippen LogP contribution is -2.41. The summed E-state index contributed by atoms with van der Waals surface area (Å²) in [6.45, 7) is 3.49. The zero-order valence-corrected chi connectivity index (χ0v) is 13.6. The van der Waals surface area contributed by atoms with Crippen LogP contribution in [0.1, 0.15) is 18.1 Å². The van der Waals surface area contributed by atoms with Crippen molar-refractivity contribution in [3.63, 3.8) is 0 Å². The summed E-state index contributed by atoms with van der Waals surface area (Å²) in [4.78, 5) is 23.8. The van der Waals surface area contributed by atoms with Crippen molar-refractivity contribution < 1.29 is 19.4 Å². The van der Waals surface area contributed by atoms with Gasteiger partial charge in [-0.15, -0.1) is 0 Å². The number of phenols is 1. The van der Waals surface area contributed by atoms with Crippen molar-refractivity contribution in [2.75, 3.05) is 5.32 Å². The molecule has 0 aliphatic heterocycles. The number of alkyl carbamates (subject to hydrolysis) is 1. The number of phenolic OH excluding ortho intramolecular Hbond substituents is 1. The second-order valence-electron chi connectivity index (χ2n) is 5.44. The van der Waals surface area contributed by atoms with Crippen LogP contribution in [0.4, 0.5) is 10.5 Å². The maximum atomic E-state index is 12.1. The maximum absolute atomic E-state index is 12.1. The summed E-state index contributed by atoms with van der Waals surface area (Å²) < 4.78 is 5.06. The van der Waals surface area contributed by atoms with Gasteiger partial charge in [-0.2, -0.15) is 0 Å². The molecule has 0 bridgehead atoms. The Balaban J connectivity index is 1.83. The number of nitrogens with one attached hydrogen (secondary N) is 2. The SMILES string of the molecule is Cc1ccc(NC(=O)[C@H](C)NC(=O)OCc2ccccc2)c(O)c1. The Bertz CT molecular complexity index is 716. The fourth-order valence-electron chi connectivity index (χ4n) is 2.00. The zero-order valence-electron chi connectivity index (χ0n) is 13.6. The minimum absolute atomic E-state index is 0.0257. The van der Waals surface area contributed by atoms with E-state index in [4.69, 9.17) is 4.74 Å². The van der Waals surface area contributed by atoms with Crippen LogP contribution in [0, 0.1) is 6.92 Å². The molecule has 0 unspecified atom stereocenters. The third-order valence-corrected chi connectivity index (χ3v) is 3.35. The van der Waals surface area contributed by atoms with Gasteiger partial charge in [-0.3, -0.25) is 4.79 Å². The molecular weight excluding hydrogens is 308 g/mol. The van der Waals surface area contributed by atoms with Gasteiger partial charge in [0.2, 0.25) is 5.91 Å². The number of benzene rings is 2. The number of ether oxygens (including phenoxy) is 1. The Morgan fingerprint density at radius 2 is 1.88 bits per heavy atom. The molecule has 0 aromatic heterocycles. The highest BCUT2D eigenvalue weighted by Crippen LogP contribution is 2.23. The number of aromatic hydroxyl groups is 1. The average Bonchev–Trinajstić information content (AvgIpc) is 2.56. The van der Waals surface area contributed by atoms with Crippen LogP contribution in [0.3, 0.4) is 0 Å². The van der Waals surface area contributed by atoms with Crippen LogP contribution in [0.15, 0.2) is 48.5 Å². The summed E-state index contributed by atoms with van der Waals surface area (Å²) in [6, 6.07) is 13.3. The van der Waals surface area contributed by atoms with Crippen LogP contribution >= 0.6 is 0 Å². The fourth-order valence-corrected chi connectivity index (χ4v) is 2.00. The Labute approximate surface area is 140 Å². The number of carbonyl (C=O) groups excluding carboxylic acids is 2. The van der Waals surface area contributed by atoms with Crippen molar-refractivity contribution in [3.8, 4) is 5.75 Å². The number of amides is 2. The molecule has 6 heteroatoms. The summed E-state index contributed by atoms with van der Waals surface area (Å²) in [7, 11) is 0. The van der Waals surface area contributed by atoms with E-state index in [0.717, 1.165) is 11.1 Å². The molecule has 0 saturated heterocycles. The summed E-state index contributed by atoms with van der Waals surface area (Å²) in [5.41, 5.74) is 2.02. The number of hydrogen-bond acceptors (Lipinski definition) is 4. The number of aryl methyl sites for hydroxylation is 1. The monoisotopic (exact) mass is 328 g/mol. The van der Waals surface area contributed by atoms with Gasteiger partial charge in [0.25, 0.3) is 0 Å². The first-order chi connectivity index (χ1) is 11.5. The highest BCUT2D eigenvalue weighted by molar-refractivity contribution is 5.97. The van der Waals surface area contributed by atoms with Gasteiger partial charge in [0, 0.05) is 0 Å². The Morgan fingerprint density at radius 1 is 1.17 bits per heavy atom. The Morgan fingerprint density at radius 3 is 2.54 bits per heavy atom. The number of anilines is 1. The first kappa shape index (κ1) is 17.3. The van der Waals surface area contributed by atoms with E-state index in [2.05, 4.69) is 10.6 Å². The zero-order chi connectivity index (χ0) is 17.5. The maximum Gasteiger partial charge on any atom is 0.408 e. The first-order valence-corrected chi connectivity index (χ1v) is 7.53. The summed E-state index contributed by atoms with van der Waals surface area (Å²) in [6.07, 6.45) is -0.686. The summed E-state index contributed by atoms with van der Waals surface area (Å²) >= 11 is 0. The van der Waals surface area contributed by atoms with Crippen LogP contribution in [0.2, 0.25) is 0 Å². The van der Waals surface area contributed by atoms with E-state index < -0.39 is 18.0 Å². The van der Waals surface area contributed by atoms with Gasteiger partial charge in [0.15, 0.2) is 0 Å². The molecule has 1 atom stereocenters. The predicted molar refractivity (Wildman–Crippen MR) is 90.7 cm³/mol. The lowest BCUT2D eigenvalue weighted by Gasteiger charge is -2.15. The van der Waals surface area contributed by atoms with Gasteiger partial charge in [-0.25, -0.2) is 4.79 Å². The second kappa shape index (κ2) is 8.01. The molecule has 0 spiro atoms. The molecule has 126 valence electrons. The predicted octanol–water partition coefficient (Wildman–Crippen LogP) is 2.95. The molecule has 0 aliphatic carbocycles. The standard InChI is InChI=1S/C18H20N2O4/c1-12-8-9-15(16(21)10-12)20-17(22)13(2)19-18(23)24-11-14-6-4-3-5-7-14/h3-10,13,21H,11H2,1-2H3,(H,19,23)(H,20,22)/t13-/m0/s1. The van der Waals surface area contributed by atoms with Crippen molar-refractivity contribution in [2.24, 2.45) is 0 Å². The van der Waals surface area contributed by atoms with Crippen LogP contribution < -0.4 is 10.6 Å². The molecule has 0 aliphatic rings. The first-order valence-electron chi connectivity index (χ1n) is 7.53. The van der Waals surface area contributed by atoms with Crippen molar-refractivity contribution >= 4 is 17.7 Å². The highest BCUT2D eigenvalue weighted by atomic mass is 16.5. The van der Waals surface area contributed by atoms with Crippen LogP contribution in [-0.2, 0) is 16.1 Å². The van der Waals surface area contributed by atoms with Gasteiger partial charge in [-0.05, 0) is 37.1 Å². The summed E-state index contributed by atoms with van der Waals surface area (Å²) in [5.74, 6) is -0.479. The largest absolute Gasteiger partial charge is 0.506 e. The fraction of sp³-hybridized carbons (Fsp3) is 0.222. The van der Waals surface area contributed by atoms with Crippen LogP contribution in [0.25, 0.3) is 0 Å². The Hall–Kier alpha value is -3.02. The van der Waals surface area contributed by atoms with Crippen molar-refractivity contribution in [1.29, 1.82) is 0 Å². The molecule has 2 aromatic carbocycles. The molecule has 2 aromatic rings. The average molecular weight is 328 g/mol. The topological polar surface area (TPSA) is 87.7 Å². The van der Waals surface area contributed by atoms with Gasteiger partial charge < -0.3 is 20.5 Å².